The number of fused-ring (bicyclic) bond motifs is 5. The molecular weight excluding hydrogens is 364 g/mol. The SMILES string of the molecule is Cc1cc2c(cc1-c1cc3c(c[n+]1C)CCC(C)(C)C3)-c1cn3cccc3cc1C2. The zero-order chi connectivity index (χ0) is 20.6. The van der Waals surface area contributed by atoms with Crippen molar-refractivity contribution in [2.75, 3.05) is 0 Å². The molecule has 0 bridgehead atoms. The summed E-state index contributed by atoms with van der Waals surface area (Å²) in [4.78, 5) is 0. The second-order valence-electron chi connectivity index (χ2n) is 10.2. The molecule has 30 heavy (non-hydrogen) atoms. The van der Waals surface area contributed by atoms with Gasteiger partial charge in [0.1, 0.15) is 7.05 Å². The smallest absolute Gasteiger partial charge is 0.212 e. The maximum absolute atomic E-state index is 2.47. The standard InChI is InChI=1S/C28H29N2/c1-18-10-20-11-21-12-23-6-5-9-30(23)17-26(21)25(20)14-24(18)27-13-22-15-28(2,3)8-7-19(22)16-29(27)4/h5-6,9-10,12-14,16-17H,7-8,11,15H2,1-4H3/q+1. The molecule has 0 unspecified atom stereocenters. The predicted molar refractivity (Wildman–Crippen MR) is 123 cm³/mol. The fraction of sp³-hybridized carbons (Fsp3) is 0.321. The molecule has 0 spiro atoms. The highest BCUT2D eigenvalue weighted by molar-refractivity contribution is 5.83. The fourth-order valence-electron chi connectivity index (χ4n) is 5.64. The summed E-state index contributed by atoms with van der Waals surface area (Å²) in [7, 11) is 2.21. The lowest BCUT2D eigenvalue weighted by molar-refractivity contribution is -0.660. The van der Waals surface area contributed by atoms with Crippen LogP contribution in [0.3, 0.4) is 0 Å². The Balaban J connectivity index is 1.52. The van der Waals surface area contributed by atoms with E-state index in [1.54, 1.807) is 0 Å². The van der Waals surface area contributed by atoms with E-state index in [9.17, 15) is 0 Å². The second-order valence-corrected chi connectivity index (χ2v) is 10.2. The van der Waals surface area contributed by atoms with Gasteiger partial charge in [0.25, 0.3) is 0 Å². The van der Waals surface area contributed by atoms with Gasteiger partial charge in [0.15, 0.2) is 6.20 Å². The molecule has 0 radical (unpaired) electrons. The Morgan fingerprint density at radius 3 is 2.63 bits per heavy atom. The number of hydrogen-bond acceptors (Lipinski definition) is 0. The van der Waals surface area contributed by atoms with Crippen LogP contribution in [0.25, 0.3) is 27.9 Å². The van der Waals surface area contributed by atoms with Crippen LogP contribution in [0.1, 0.15) is 48.1 Å². The first-order valence-electron chi connectivity index (χ1n) is 11.1. The molecule has 0 N–H and O–H groups in total. The van der Waals surface area contributed by atoms with Crippen LogP contribution in [0.5, 0.6) is 0 Å². The molecule has 3 aromatic heterocycles. The molecule has 0 atom stereocenters. The van der Waals surface area contributed by atoms with E-state index in [-0.39, 0.29) is 0 Å². The molecule has 0 saturated carbocycles. The molecule has 2 nitrogen and oxygen atoms in total. The van der Waals surface area contributed by atoms with E-state index in [0.717, 1.165) is 6.42 Å². The lowest BCUT2D eigenvalue weighted by Gasteiger charge is -2.30. The first-order valence-corrected chi connectivity index (χ1v) is 11.1. The topological polar surface area (TPSA) is 8.29 Å². The number of hydrogen-bond donors (Lipinski definition) is 0. The molecule has 1 aromatic carbocycles. The van der Waals surface area contributed by atoms with Gasteiger partial charge in [-0.15, -0.1) is 0 Å². The van der Waals surface area contributed by atoms with Crippen molar-refractivity contribution < 1.29 is 4.57 Å². The van der Waals surface area contributed by atoms with Crippen LogP contribution in [0, 0.1) is 12.3 Å². The summed E-state index contributed by atoms with van der Waals surface area (Å²) in [5, 5.41) is 0. The monoisotopic (exact) mass is 393 g/mol. The number of pyridine rings is 2. The van der Waals surface area contributed by atoms with Crippen LogP contribution in [0.15, 0.2) is 55.0 Å². The molecule has 0 aliphatic heterocycles. The van der Waals surface area contributed by atoms with Crippen molar-refractivity contribution in [1.29, 1.82) is 0 Å². The van der Waals surface area contributed by atoms with E-state index in [2.05, 4.69) is 91.8 Å². The van der Waals surface area contributed by atoms with Crippen molar-refractivity contribution in [2.24, 2.45) is 12.5 Å². The molecule has 150 valence electrons. The summed E-state index contributed by atoms with van der Waals surface area (Å²) in [6, 6.07) is 14.0. The van der Waals surface area contributed by atoms with Crippen LogP contribution >= 0.6 is 0 Å². The third kappa shape index (κ3) is 2.66. The van der Waals surface area contributed by atoms with Gasteiger partial charge >= 0.3 is 0 Å². The minimum atomic E-state index is 0.401. The van der Waals surface area contributed by atoms with Crippen molar-refractivity contribution in [3.05, 3.63) is 82.8 Å². The van der Waals surface area contributed by atoms with E-state index < -0.39 is 0 Å². The van der Waals surface area contributed by atoms with Gasteiger partial charge in [-0.05, 0) is 90.1 Å². The third-order valence-electron chi connectivity index (χ3n) is 7.34. The van der Waals surface area contributed by atoms with Gasteiger partial charge in [0, 0.05) is 40.7 Å². The van der Waals surface area contributed by atoms with Gasteiger partial charge in [0.2, 0.25) is 5.69 Å². The van der Waals surface area contributed by atoms with Crippen LogP contribution in [-0.2, 0) is 26.3 Å². The summed E-state index contributed by atoms with van der Waals surface area (Å²) in [5.41, 5.74) is 14.5. The van der Waals surface area contributed by atoms with E-state index in [4.69, 9.17) is 0 Å². The van der Waals surface area contributed by atoms with Crippen LogP contribution in [0.4, 0.5) is 0 Å². The molecule has 0 fully saturated rings. The quantitative estimate of drug-likeness (QED) is 0.317. The molecule has 6 rings (SSSR count). The third-order valence-corrected chi connectivity index (χ3v) is 7.34. The maximum Gasteiger partial charge on any atom is 0.212 e. The first kappa shape index (κ1) is 17.9. The van der Waals surface area contributed by atoms with Gasteiger partial charge < -0.3 is 4.40 Å². The molecular formula is C28H29N2+. The average Bonchev–Trinajstić information content (AvgIpc) is 3.28. The van der Waals surface area contributed by atoms with Gasteiger partial charge in [-0.1, -0.05) is 19.9 Å². The lowest BCUT2D eigenvalue weighted by atomic mass is 9.74. The Morgan fingerprint density at radius 2 is 1.77 bits per heavy atom. The minimum Gasteiger partial charge on any atom is -0.323 e. The minimum absolute atomic E-state index is 0.401. The lowest BCUT2D eigenvalue weighted by Crippen LogP contribution is -2.34. The zero-order valence-corrected chi connectivity index (χ0v) is 18.4. The van der Waals surface area contributed by atoms with Gasteiger partial charge in [-0.3, -0.25) is 0 Å². The summed E-state index contributed by atoms with van der Waals surface area (Å²) < 4.78 is 4.59. The highest BCUT2D eigenvalue weighted by Crippen LogP contribution is 2.41. The number of rotatable bonds is 1. The highest BCUT2D eigenvalue weighted by atomic mass is 14.9. The molecule has 3 heterocycles. The zero-order valence-electron chi connectivity index (χ0n) is 18.4. The predicted octanol–water partition coefficient (Wildman–Crippen LogP) is 5.83. The van der Waals surface area contributed by atoms with Gasteiger partial charge in [-0.25, -0.2) is 4.57 Å². The average molecular weight is 394 g/mol. The van der Waals surface area contributed by atoms with E-state index in [1.807, 2.05) is 0 Å². The molecule has 2 aliphatic rings. The Bertz CT molecular complexity index is 1340. The number of aryl methyl sites for hydroxylation is 3. The van der Waals surface area contributed by atoms with E-state index in [0.29, 0.717) is 5.41 Å². The molecule has 2 heteroatoms. The fourth-order valence-corrected chi connectivity index (χ4v) is 5.64. The van der Waals surface area contributed by atoms with Crippen molar-refractivity contribution in [3.63, 3.8) is 0 Å². The number of aromatic nitrogens is 2. The van der Waals surface area contributed by atoms with Crippen molar-refractivity contribution in [1.82, 2.24) is 4.40 Å². The maximum atomic E-state index is 2.47. The summed E-state index contributed by atoms with van der Waals surface area (Å²) >= 11 is 0. The van der Waals surface area contributed by atoms with Crippen LogP contribution < -0.4 is 4.57 Å². The van der Waals surface area contributed by atoms with E-state index in [1.165, 1.54) is 75.0 Å². The van der Waals surface area contributed by atoms with Gasteiger partial charge in [-0.2, -0.15) is 0 Å². The Morgan fingerprint density at radius 1 is 0.933 bits per heavy atom. The number of benzene rings is 1. The molecule has 0 amide bonds. The number of nitrogens with zero attached hydrogens (tertiary/aromatic N) is 2. The molecule has 2 aliphatic carbocycles. The normalized spacial score (nSPS) is 16.4. The highest BCUT2D eigenvalue weighted by Gasteiger charge is 2.29. The molecule has 4 aromatic rings. The largest absolute Gasteiger partial charge is 0.323 e. The van der Waals surface area contributed by atoms with Crippen LogP contribution in [-0.4, -0.2) is 4.40 Å². The van der Waals surface area contributed by atoms with Crippen molar-refractivity contribution in [3.8, 4) is 22.4 Å². The van der Waals surface area contributed by atoms with Crippen molar-refractivity contribution in [2.45, 2.75) is 46.5 Å². The van der Waals surface area contributed by atoms with E-state index >= 15 is 0 Å². The van der Waals surface area contributed by atoms with Gasteiger partial charge in [0.05, 0.1) is 0 Å². The Kier molecular flexibility index (Phi) is 3.63. The summed E-state index contributed by atoms with van der Waals surface area (Å²) in [6.07, 6.45) is 11.5. The second kappa shape index (κ2) is 6.07. The first-order chi connectivity index (χ1) is 14.4. The molecule has 0 saturated heterocycles. The van der Waals surface area contributed by atoms with Crippen molar-refractivity contribution >= 4 is 5.52 Å². The summed E-state index contributed by atoms with van der Waals surface area (Å²) in [6.45, 7) is 7.08. The Labute approximate surface area is 178 Å². The van der Waals surface area contributed by atoms with Crippen LogP contribution in [0.2, 0.25) is 0 Å². The summed E-state index contributed by atoms with van der Waals surface area (Å²) in [5.74, 6) is 0. The Hall–Kier alpha value is -2.87.